The topological polar surface area (TPSA) is 29.9 Å². The molecule has 1 aliphatic carbocycles. The molecule has 0 aromatic carbocycles. The maximum absolute atomic E-state index is 6.17. The average Bonchev–Trinajstić information content (AvgIpc) is 2.87. The maximum Gasteiger partial charge on any atom is 0.131 e. The second-order valence-electron chi connectivity index (χ2n) is 4.66. The molecule has 0 spiro atoms. The molecule has 0 saturated carbocycles. The molecule has 1 heterocycles. The lowest BCUT2D eigenvalue weighted by Gasteiger charge is -2.05. The Labute approximate surface area is 108 Å². The molecule has 3 nitrogen and oxygen atoms in total. The minimum atomic E-state index is 0.745. The average molecular weight is 254 g/mol. The van der Waals surface area contributed by atoms with Crippen molar-refractivity contribution in [3.05, 3.63) is 28.1 Å². The van der Waals surface area contributed by atoms with Crippen LogP contribution in [0.15, 0.2) is 11.6 Å². The first kappa shape index (κ1) is 12.7. The molecule has 94 valence electrons. The van der Waals surface area contributed by atoms with Crippen LogP contribution in [0.3, 0.4) is 0 Å². The molecule has 1 aromatic rings. The number of halogens is 1. The summed E-state index contributed by atoms with van der Waals surface area (Å²) in [5.41, 5.74) is 3.74. The fourth-order valence-corrected chi connectivity index (χ4v) is 2.54. The first-order chi connectivity index (χ1) is 8.18. The summed E-state index contributed by atoms with van der Waals surface area (Å²) in [4.78, 5) is 0. The van der Waals surface area contributed by atoms with Crippen LogP contribution in [0.1, 0.15) is 36.9 Å². The third-order valence-electron chi connectivity index (χ3n) is 3.33. The molecule has 0 fully saturated rings. The molecule has 0 bridgehead atoms. The van der Waals surface area contributed by atoms with E-state index in [2.05, 4.69) is 16.5 Å². The van der Waals surface area contributed by atoms with Crippen molar-refractivity contribution in [2.45, 2.75) is 39.2 Å². The van der Waals surface area contributed by atoms with Gasteiger partial charge < -0.3 is 5.32 Å². The van der Waals surface area contributed by atoms with E-state index in [0.717, 1.165) is 35.9 Å². The van der Waals surface area contributed by atoms with Crippen molar-refractivity contribution in [1.82, 2.24) is 15.1 Å². The van der Waals surface area contributed by atoms with Gasteiger partial charge in [0.05, 0.1) is 5.69 Å². The Morgan fingerprint density at radius 2 is 2.35 bits per heavy atom. The molecular formula is C13H20ClN3. The Balaban J connectivity index is 1.78. The summed E-state index contributed by atoms with van der Waals surface area (Å²) < 4.78 is 1.73. The van der Waals surface area contributed by atoms with Crippen LogP contribution in [0.4, 0.5) is 0 Å². The molecule has 17 heavy (non-hydrogen) atoms. The van der Waals surface area contributed by atoms with Gasteiger partial charge in [0.15, 0.2) is 0 Å². The Bertz CT molecular complexity index is 421. The SMILES string of the molecule is Cc1nn(C)c(Cl)c1CNCCC1=CCCC1. The van der Waals surface area contributed by atoms with E-state index < -0.39 is 0 Å². The zero-order chi connectivity index (χ0) is 12.3. The summed E-state index contributed by atoms with van der Waals surface area (Å²) >= 11 is 6.17. The molecule has 0 atom stereocenters. The number of aryl methyl sites for hydroxylation is 2. The molecule has 0 radical (unpaired) electrons. The molecule has 1 N–H and O–H groups in total. The Kier molecular flexibility index (Phi) is 4.24. The van der Waals surface area contributed by atoms with E-state index >= 15 is 0 Å². The van der Waals surface area contributed by atoms with Gasteiger partial charge in [0, 0.05) is 19.2 Å². The van der Waals surface area contributed by atoms with Crippen molar-refractivity contribution in [2.24, 2.45) is 7.05 Å². The standard InChI is InChI=1S/C13H20ClN3/c1-10-12(13(14)17(2)16-10)9-15-8-7-11-5-3-4-6-11/h5,15H,3-4,6-9H2,1-2H3. The molecule has 1 aliphatic rings. The van der Waals surface area contributed by atoms with E-state index in [1.165, 1.54) is 19.3 Å². The van der Waals surface area contributed by atoms with Gasteiger partial charge >= 0.3 is 0 Å². The van der Waals surface area contributed by atoms with Crippen LogP contribution in [-0.2, 0) is 13.6 Å². The third-order valence-corrected chi connectivity index (χ3v) is 3.80. The second-order valence-corrected chi connectivity index (χ2v) is 5.02. The largest absolute Gasteiger partial charge is 0.312 e. The normalized spacial score (nSPS) is 15.4. The predicted molar refractivity (Wildman–Crippen MR) is 71.2 cm³/mol. The summed E-state index contributed by atoms with van der Waals surface area (Å²) in [6.07, 6.45) is 7.43. The third kappa shape index (κ3) is 3.11. The van der Waals surface area contributed by atoms with Gasteiger partial charge in [-0.2, -0.15) is 5.10 Å². The molecule has 2 rings (SSSR count). The van der Waals surface area contributed by atoms with E-state index in [-0.39, 0.29) is 0 Å². The monoisotopic (exact) mass is 253 g/mol. The lowest BCUT2D eigenvalue weighted by Crippen LogP contribution is -2.15. The zero-order valence-electron chi connectivity index (χ0n) is 10.6. The molecule has 0 unspecified atom stereocenters. The van der Waals surface area contributed by atoms with E-state index in [0.29, 0.717) is 0 Å². The van der Waals surface area contributed by atoms with Crippen LogP contribution < -0.4 is 5.32 Å². The van der Waals surface area contributed by atoms with E-state index in [4.69, 9.17) is 11.6 Å². The van der Waals surface area contributed by atoms with Gasteiger partial charge in [-0.1, -0.05) is 23.3 Å². The summed E-state index contributed by atoms with van der Waals surface area (Å²) in [7, 11) is 1.88. The number of nitrogens with one attached hydrogen (secondary N) is 1. The Morgan fingerprint density at radius 1 is 1.53 bits per heavy atom. The van der Waals surface area contributed by atoms with Gasteiger partial charge in [-0.3, -0.25) is 4.68 Å². The highest BCUT2D eigenvalue weighted by atomic mass is 35.5. The van der Waals surface area contributed by atoms with E-state index in [1.54, 1.807) is 10.3 Å². The van der Waals surface area contributed by atoms with Crippen molar-refractivity contribution in [1.29, 1.82) is 0 Å². The summed E-state index contributed by atoms with van der Waals surface area (Å²) in [5.74, 6) is 0. The Morgan fingerprint density at radius 3 is 2.94 bits per heavy atom. The first-order valence-electron chi connectivity index (χ1n) is 6.25. The molecule has 0 saturated heterocycles. The lowest BCUT2D eigenvalue weighted by molar-refractivity contribution is 0.673. The Hall–Kier alpha value is -0.800. The smallest absolute Gasteiger partial charge is 0.131 e. The van der Waals surface area contributed by atoms with Crippen molar-refractivity contribution in [3.8, 4) is 0 Å². The van der Waals surface area contributed by atoms with Crippen LogP contribution in [0.2, 0.25) is 5.15 Å². The van der Waals surface area contributed by atoms with Gasteiger partial charge in [-0.25, -0.2) is 0 Å². The number of aromatic nitrogens is 2. The van der Waals surface area contributed by atoms with Crippen molar-refractivity contribution in [2.75, 3.05) is 6.54 Å². The van der Waals surface area contributed by atoms with Gasteiger partial charge in [0.25, 0.3) is 0 Å². The number of nitrogens with zero attached hydrogens (tertiary/aromatic N) is 2. The molecule has 0 amide bonds. The van der Waals surface area contributed by atoms with E-state index in [9.17, 15) is 0 Å². The van der Waals surface area contributed by atoms with Gasteiger partial charge in [-0.05, 0) is 39.2 Å². The number of rotatable bonds is 5. The van der Waals surface area contributed by atoms with Crippen molar-refractivity contribution in [3.63, 3.8) is 0 Å². The van der Waals surface area contributed by atoms with Gasteiger partial charge in [-0.15, -0.1) is 0 Å². The van der Waals surface area contributed by atoms with Crippen molar-refractivity contribution < 1.29 is 0 Å². The quantitative estimate of drug-likeness (QED) is 0.646. The summed E-state index contributed by atoms with van der Waals surface area (Å²) in [6, 6.07) is 0. The molecule has 4 heteroatoms. The zero-order valence-corrected chi connectivity index (χ0v) is 11.3. The highest BCUT2D eigenvalue weighted by molar-refractivity contribution is 6.30. The minimum Gasteiger partial charge on any atom is -0.312 e. The number of hydrogen-bond acceptors (Lipinski definition) is 2. The minimum absolute atomic E-state index is 0.745. The molecule has 1 aromatic heterocycles. The van der Waals surface area contributed by atoms with Gasteiger partial charge in [0.1, 0.15) is 5.15 Å². The maximum atomic E-state index is 6.17. The van der Waals surface area contributed by atoms with Crippen LogP contribution in [0, 0.1) is 6.92 Å². The van der Waals surface area contributed by atoms with Crippen LogP contribution in [0.5, 0.6) is 0 Å². The van der Waals surface area contributed by atoms with E-state index in [1.807, 2.05) is 14.0 Å². The number of hydrogen-bond donors (Lipinski definition) is 1. The van der Waals surface area contributed by atoms with Crippen LogP contribution in [-0.4, -0.2) is 16.3 Å². The van der Waals surface area contributed by atoms with Crippen LogP contribution in [0.25, 0.3) is 0 Å². The summed E-state index contributed by atoms with van der Waals surface area (Å²) in [6.45, 7) is 3.84. The highest BCUT2D eigenvalue weighted by Gasteiger charge is 2.10. The second kappa shape index (κ2) is 5.69. The van der Waals surface area contributed by atoms with Crippen molar-refractivity contribution >= 4 is 11.6 Å². The first-order valence-corrected chi connectivity index (χ1v) is 6.63. The molecule has 0 aliphatic heterocycles. The fraction of sp³-hybridized carbons (Fsp3) is 0.615. The van der Waals surface area contributed by atoms with Crippen LogP contribution >= 0.6 is 11.6 Å². The number of allylic oxidation sites excluding steroid dienone is 1. The predicted octanol–water partition coefficient (Wildman–Crippen LogP) is 2.97. The highest BCUT2D eigenvalue weighted by Crippen LogP contribution is 2.20. The lowest BCUT2D eigenvalue weighted by atomic mass is 10.1. The fourth-order valence-electron chi connectivity index (χ4n) is 2.30. The van der Waals surface area contributed by atoms with Gasteiger partial charge in [0.2, 0.25) is 0 Å². The summed E-state index contributed by atoms with van der Waals surface area (Å²) in [5, 5.41) is 8.49. The molecular weight excluding hydrogens is 234 g/mol.